The predicted molar refractivity (Wildman–Crippen MR) is 78.2 cm³/mol. The molecule has 0 unspecified atom stereocenters. The fourth-order valence-electron chi connectivity index (χ4n) is 1.59. The first kappa shape index (κ1) is 13.9. The maximum absolute atomic E-state index is 13.5. The second-order valence-corrected chi connectivity index (χ2v) is 5.28. The molecule has 0 radical (unpaired) electrons. The molecule has 0 saturated heterocycles. The molecule has 0 spiro atoms. The fraction of sp³-hybridized carbons (Fsp3) is 0.0714. The smallest absolute Gasteiger partial charge is 0.258 e. The standard InChI is InChI=1S/C14H10F2INO/c1-8-2-4-10(17)7-13(8)18-14(19)11-5-3-9(15)6-12(11)16/h2-7H,1H3,(H,18,19). The van der Waals surface area contributed by atoms with Gasteiger partial charge in [0, 0.05) is 15.3 Å². The molecular formula is C14H10F2INO. The van der Waals surface area contributed by atoms with Crippen LogP contribution in [0.3, 0.4) is 0 Å². The maximum Gasteiger partial charge on any atom is 0.258 e. The number of carbonyl (C=O) groups excluding carboxylic acids is 1. The molecule has 2 aromatic rings. The number of rotatable bonds is 2. The van der Waals surface area contributed by atoms with Gasteiger partial charge >= 0.3 is 0 Å². The zero-order chi connectivity index (χ0) is 14.0. The number of nitrogens with one attached hydrogen (secondary N) is 1. The fourth-order valence-corrected chi connectivity index (χ4v) is 2.08. The molecule has 0 bridgehead atoms. The number of benzene rings is 2. The van der Waals surface area contributed by atoms with Crippen molar-refractivity contribution in [1.82, 2.24) is 0 Å². The van der Waals surface area contributed by atoms with Crippen molar-refractivity contribution in [3.8, 4) is 0 Å². The molecule has 0 aliphatic heterocycles. The van der Waals surface area contributed by atoms with Gasteiger partial charge in [-0.05, 0) is 59.3 Å². The number of hydrogen-bond acceptors (Lipinski definition) is 1. The Morgan fingerprint density at radius 2 is 1.89 bits per heavy atom. The Bertz CT molecular complexity index is 643. The van der Waals surface area contributed by atoms with E-state index in [0.717, 1.165) is 21.3 Å². The van der Waals surface area contributed by atoms with Crippen molar-refractivity contribution in [2.45, 2.75) is 6.92 Å². The van der Waals surface area contributed by atoms with Crippen molar-refractivity contribution in [2.75, 3.05) is 5.32 Å². The summed E-state index contributed by atoms with van der Waals surface area (Å²) in [7, 11) is 0. The topological polar surface area (TPSA) is 29.1 Å². The van der Waals surface area contributed by atoms with Crippen LogP contribution in [0.15, 0.2) is 36.4 Å². The van der Waals surface area contributed by atoms with Gasteiger partial charge in [-0.2, -0.15) is 0 Å². The van der Waals surface area contributed by atoms with Gasteiger partial charge in [0.25, 0.3) is 5.91 Å². The molecule has 0 atom stereocenters. The Balaban J connectivity index is 2.28. The summed E-state index contributed by atoms with van der Waals surface area (Å²) >= 11 is 2.12. The van der Waals surface area contributed by atoms with Gasteiger partial charge in [0.1, 0.15) is 11.6 Å². The molecule has 0 fully saturated rings. The van der Waals surface area contributed by atoms with Gasteiger partial charge < -0.3 is 5.32 Å². The van der Waals surface area contributed by atoms with E-state index in [2.05, 4.69) is 27.9 Å². The van der Waals surface area contributed by atoms with Crippen molar-refractivity contribution in [1.29, 1.82) is 0 Å². The van der Waals surface area contributed by atoms with Crippen LogP contribution < -0.4 is 5.32 Å². The molecule has 19 heavy (non-hydrogen) atoms. The number of hydrogen-bond donors (Lipinski definition) is 1. The van der Waals surface area contributed by atoms with Crippen molar-refractivity contribution < 1.29 is 13.6 Å². The number of carbonyl (C=O) groups is 1. The van der Waals surface area contributed by atoms with E-state index in [1.165, 1.54) is 0 Å². The lowest BCUT2D eigenvalue weighted by molar-refractivity contribution is 0.102. The first-order valence-corrected chi connectivity index (χ1v) is 6.58. The third-order valence-corrected chi connectivity index (χ3v) is 3.29. The van der Waals surface area contributed by atoms with Crippen LogP contribution in [-0.4, -0.2) is 5.91 Å². The molecule has 0 aliphatic rings. The van der Waals surface area contributed by atoms with Gasteiger partial charge in [0.15, 0.2) is 0 Å². The van der Waals surface area contributed by atoms with Crippen LogP contribution in [-0.2, 0) is 0 Å². The minimum Gasteiger partial charge on any atom is -0.322 e. The Morgan fingerprint density at radius 3 is 2.58 bits per heavy atom. The average molecular weight is 373 g/mol. The van der Waals surface area contributed by atoms with Crippen LogP contribution in [0.4, 0.5) is 14.5 Å². The highest BCUT2D eigenvalue weighted by molar-refractivity contribution is 14.1. The zero-order valence-corrected chi connectivity index (χ0v) is 12.2. The molecule has 1 N–H and O–H groups in total. The van der Waals surface area contributed by atoms with Crippen LogP contribution in [0.5, 0.6) is 0 Å². The summed E-state index contributed by atoms with van der Waals surface area (Å²) in [6.45, 7) is 1.84. The van der Waals surface area contributed by atoms with Crippen molar-refractivity contribution in [3.63, 3.8) is 0 Å². The molecule has 2 nitrogen and oxygen atoms in total. The van der Waals surface area contributed by atoms with Crippen LogP contribution in [0, 0.1) is 22.1 Å². The van der Waals surface area contributed by atoms with Gasteiger partial charge in [-0.25, -0.2) is 8.78 Å². The average Bonchev–Trinajstić information content (AvgIpc) is 2.33. The van der Waals surface area contributed by atoms with Crippen molar-refractivity contribution in [3.05, 3.63) is 62.7 Å². The molecule has 0 saturated carbocycles. The van der Waals surface area contributed by atoms with E-state index in [9.17, 15) is 13.6 Å². The highest BCUT2D eigenvalue weighted by Crippen LogP contribution is 2.19. The molecule has 0 aliphatic carbocycles. The van der Waals surface area contributed by atoms with E-state index in [1.54, 1.807) is 6.07 Å². The van der Waals surface area contributed by atoms with Crippen LogP contribution >= 0.6 is 22.6 Å². The molecule has 0 heterocycles. The lowest BCUT2D eigenvalue weighted by Gasteiger charge is -2.09. The molecule has 5 heteroatoms. The van der Waals surface area contributed by atoms with Gasteiger partial charge in [-0.1, -0.05) is 6.07 Å². The minimum atomic E-state index is -0.874. The third-order valence-electron chi connectivity index (χ3n) is 2.62. The van der Waals surface area contributed by atoms with Gasteiger partial charge in [0.05, 0.1) is 5.56 Å². The summed E-state index contributed by atoms with van der Waals surface area (Å²) < 4.78 is 27.2. The molecule has 1 amide bonds. The normalized spacial score (nSPS) is 10.3. The highest BCUT2D eigenvalue weighted by Gasteiger charge is 2.13. The molecular weight excluding hydrogens is 363 g/mol. The Hall–Kier alpha value is -1.50. The third kappa shape index (κ3) is 3.28. The highest BCUT2D eigenvalue weighted by atomic mass is 127. The first-order chi connectivity index (χ1) is 8.97. The van der Waals surface area contributed by atoms with Gasteiger partial charge in [-0.15, -0.1) is 0 Å². The summed E-state index contributed by atoms with van der Waals surface area (Å²) in [5.74, 6) is -2.18. The number of aryl methyl sites for hydroxylation is 1. The van der Waals surface area contributed by atoms with E-state index in [4.69, 9.17) is 0 Å². The number of amides is 1. The quantitative estimate of drug-likeness (QED) is 0.789. The lowest BCUT2D eigenvalue weighted by Crippen LogP contribution is -2.14. The summed E-state index contributed by atoms with van der Waals surface area (Å²) in [6.07, 6.45) is 0. The second kappa shape index (κ2) is 5.64. The summed E-state index contributed by atoms with van der Waals surface area (Å²) in [6, 6.07) is 8.43. The first-order valence-electron chi connectivity index (χ1n) is 5.50. The Morgan fingerprint density at radius 1 is 1.16 bits per heavy atom. The summed E-state index contributed by atoms with van der Waals surface area (Å²) in [4.78, 5) is 11.9. The van der Waals surface area contributed by atoms with Crippen molar-refractivity contribution in [2.24, 2.45) is 0 Å². The number of halogens is 3. The van der Waals surface area contributed by atoms with E-state index >= 15 is 0 Å². The maximum atomic E-state index is 13.5. The Labute approximate surface area is 123 Å². The zero-order valence-electron chi connectivity index (χ0n) is 10.0. The van der Waals surface area contributed by atoms with E-state index in [0.29, 0.717) is 11.8 Å². The van der Waals surface area contributed by atoms with Crippen molar-refractivity contribution >= 4 is 34.2 Å². The Kier molecular flexibility index (Phi) is 4.14. The number of anilines is 1. The van der Waals surface area contributed by atoms with Crippen LogP contribution in [0.2, 0.25) is 0 Å². The minimum absolute atomic E-state index is 0.181. The molecule has 98 valence electrons. The van der Waals surface area contributed by atoms with E-state index in [-0.39, 0.29) is 5.56 Å². The van der Waals surface area contributed by atoms with E-state index in [1.807, 2.05) is 19.1 Å². The lowest BCUT2D eigenvalue weighted by atomic mass is 10.1. The summed E-state index contributed by atoms with van der Waals surface area (Å²) in [5.41, 5.74) is 1.30. The molecule has 2 aromatic carbocycles. The largest absolute Gasteiger partial charge is 0.322 e. The monoisotopic (exact) mass is 373 g/mol. The summed E-state index contributed by atoms with van der Waals surface area (Å²) in [5, 5.41) is 2.62. The van der Waals surface area contributed by atoms with Crippen LogP contribution in [0.25, 0.3) is 0 Å². The molecule has 2 rings (SSSR count). The second-order valence-electron chi connectivity index (χ2n) is 4.04. The molecule has 0 aromatic heterocycles. The van der Waals surface area contributed by atoms with E-state index < -0.39 is 17.5 Å². The van der Waals surface area contributed by atoms with Crippen LogP contribution in [0.1, 0.15) is 15.9 Å². The van der Waals surface area contributed by atoms with Gasteiger partial charge in [-0.3, -0.25) is 4.79 Å². The SMILES string of the molecule is Cc1ccc(I)cc1NC(=O)c1ccc(F)cc1F. The predicted octanol–water partition coefficient (Wildman–Crippen LogP) is 4.13. The van der Waals surface area contributed by atoms with Gasteiger partial charge in [0.2, 0.25) is 0 Å².